The van der Waals surface area contributed by atoms with Crippen molar-refractivity contribution >= 4 is 0 Å². The molecule has 0 bridgehead atoms. The lowest BCUT2D eigenvalue weighted by molar-refractivity contribution is 0.0976. The van der Waals surface area contributed by atoms with Crippen LogP contribution in [0.5, 0.6) is 17.2 Å². The third-order valence-electron chi connectivity index (χ3n) is 3.30. The van der Waals surface area contributed by atoms with E-state index in [1.54, 1.807) is 19.1 Å². The summed E-state index contributed by atoms with van der Waals surface area (Å²) >= 11 is 0. The number of methoxy groups -OCH3 is 2. The lowest BCUT2D eigenvalue weighted by atomic mass is 10.0. The lowest BCUT2D eigenvalue weighted by Crippen LogP contribution is -2.17. The molecule has 1 unspecified atom stereocenters. The van der Waals surface area contributed by atoms with E-state index in [2.05, 4.69) is 0 Å². The predicted molar refractivity (Wildman–Crippen MR) is 99.8 cm³/mol. The largest absolute Gasteiger partial charge is 0.493 e. The fraction of sp³-hybridized carbons (Fsp3) is 0.429. The number of hydrogen-bond donors (Lipinski definition) is 1. The lowest BCUT2D eigenvalue weighted by Gasteiger charge is -2.13. The highest BCUT2D eigenvalue weighted by atomic mass is 16.5. The van der Waals surface area contributed by atoms with Gasteiger partial charge in [0.1, 0.15) is 12.3 Å². The Morgan fingerprint density at radius 3 is 2.84 bits per heavy atom. The molecule has 4 nitrogen and oxygen atoms in total. The van der Waals surface area contributed by atoms with Crippen molar-refractivity contribution in [1.29, 1.82) is 0 Å². The monoisotopic (exact) mass is 354 g/mol. The summed E-state index contributed by atoms with van der Waals surface area (Å²) in [6.45, 7) is -1.50. The molecule has 136 valence electrons. The van der Waals surface area contributed by atoms with E-state index in [0.717, 1.165) is 5.56 Å². The Balaban J connectivity index is 2.23. The minimum atomic E-state index is -3.48. The predicted octanol–water partition coefficient (Wildman–Crippen LogP) is 4.16. The summed E-state index contributed by atoms with van der Waals surface area (Å²) in [7, 11) is -1.45. The first kappa shape index (κ1) is 9.48. The molecule has 25 heavy (non-hydrogen) atoms. The Kier molecular flexibility index (Phi) is 3.77. The molecule has 0 aliphatic carbocycles. The molecule has 0 saturated carbocycles. The van der Waals surface area contributed by atoms with Crippen LogP contribution in [0.1, 0.15) is 44.0 Å². The average molecular weight is 355 g/mol. The molecule has 0 aliphatic heterocycles. The number of aliphatic hydroxyl groups is 1. The van der Waals surface area contributed by atoms with Crippen LogP contribution in [0.3, 0.4) is 0 Å². The average Bonchev–Trinajstić information content (AvgIpc) is 2.66. The van der Waals surface area contributed by atoms with Crippen molar-refractivity contribution in [3.05, 3.63) is 53.6 Å². The zero-order valence-electron chi connectivity index (χ0n) is 24.1. The molecule has 2 rings (SSSR count). The van der Waals surface area contributed by atoms with Gasteiger partial charge in [0.15, 0.2) is 11.5 Å². The summed E-state index contributed by atoms with van der Waals surface area (Å²) in [5.74, 6) is -0.0857. The summed E-state index contributed by atoms with van der Waals surface area (Å²) in [5, 5.41) is 10.6. The Morgan fingerprint density at radius 2 is 2.08 bits per heavy atom. The van der Waals surface area contributed by atoms with Crippen molar-refractivity contribution in [2.45, 2.75) is 38.6 Å². The van der Waals surface area contributed by atoms with E-state index in [-0.39, 0.29) is 17.2 Å². The molecule has 0 radical (unpaired) electrons. The molecule has 1 atom stereocenters. The number of aryl methyl sites for hydroxylation is 2. The minimum absolute atomic E-state index is 0.0223. The molecule has 4 heteroatoms. The van der Waals surface area contributed by atoms with Crippen LogP contribution in [-0.2, 0) is 6.42 Å². The molecule has 0 amide bonds. The highest BCUT2D eigenvalue weighted by molar-refractivity contribution is 5.42. The first-order valence-electron chi connectivity index (χ1n) is 12.6. The van der Waals surface area contributed by atoms with Crippen molar-refractivity contribution in [2.75, 3.05) is 20.7 Å². The second-order valence-corrected chi connectivity index (χ2v) is 5.24. The van der Waals surface area contributed by atoms with Gasteiger partial charge in [-0.3, -0.25) is 0 Å². The van der Waals surface area contributed by atoms with Crippen LogP contribution in [0, 0.1) is 6.92 Å². The highest BCUT2D eigenvalue weighted by Crippen LogP contribution is 2.28. The Bertz CT molecular complexity index is 1020. The maximum absolute atomic E-state index is 10.6. The number of hydrogen-bond acceptors (Lipinski definition) is 4. The molecular formula is C21H28O4. The van der Waals surface area contributed by atoms with Gasteiger partial charge >= 0.3 is 0 Å². The highest BCUT2D eigenvalue weighted by Gasteiger charge is 2.07. The smallest absolute Gasteiger partial charge is 0.160 e. The third kappa shape index (κ3) is 6.31. The van der Waals surface area contributed by atoms with Crippen molar-refractivity contribution < 1.29 is 33.0 Å². The van der Waals surface area contributed by atoms with Crippen molar-refractivity contribution in [1.82, 2.24) is 0 Å². The van der Waals surface area contributed by atoms with Gasteiger partial charge in [0.25, 0.3) is 0 Å². The topological polar surface area (TPSA) is 47.9 Å². The third-order valence-corrected chi connectivity index (χ3v) is 3.30. The quantitative estimate of drug-likeness (QED) is 0.696. The Labute approximate surface area is 164 Å². The van der Waals surface area contributed by atoms with E-state index in [4.69, 9.17) is 27.9 Å². The maximum atomic E-state index is 10.6. The van der Waals surface area contributed by atoms with E-state index in [1.165, 1.54) is 37.4 Å². The van der Waals surface area contributed by atoms with Gasteiger partial charge in [0.05, 0.1) is 28.5 Å². The fourth-order valence-corrected chi connectivity index (χ4v) is 2.08. The standard InChI is InChI=1S/C21H28O4/c1-16-7-6-10-19(13-16)25-15-18(22)9-5-4-8-17-11-12-20(23-2)21(14-17)24-3/h6-7,10-14,18,22H,4-5,8-9,15H2,1-3H3/i2D3,4D2,9D2,15D2,18D. The summed E-state index contributed by atoms with van der Waals surface area (Å²) in [6.07, 6.45) is -10.4. The Hall–Kier alpha value is -2.20. The van der Waals surface area contributed by atoms with Crippen molar-refractivity contribution in [2.24, 2.45) is 0 Å². The van der Waals surface area contributed by atoms with Gasteiger partial charge in [-0.2, -0.15) is 0 Å². The van der Waals surface area contributed by atoms with E-state index in [1.807, 2.05) is 0 Å². The van der Waals surface area contributed by atoms with Crippen molar-refractivity contribution in [3.63, 3.8) is 0 Å². The van der Waals surface area contributed by atoms with Crippen LogP contribution in [0.2, 0.25) is 0 Å². The van der Waals surface area contributed by atoms with Gasteiger partial charge in [-0.25, -0.2) is 0 Å². The molecule has 0 heterocycles. The van der Waals surface area contributed by atoms with Gasteiger partial charge in [-0.05, 0) is 61.5 Å². The van der Waals surface area contributed by atoms with E-state index >= 15 is 0 Å². The molecule has 0 spiro atoms. The van der Waals surface area contributed by atoms with E-state index < -0.39 is 45.3 Å². The van der Waals surface area contributed by atoms with Crippen LogP contribution < -0.4 is 14.2 Å². The van der Waals surface area contributed by atoms with Gasteiger partial charge in [0, 0.05) is 5.48 Å². The number of rotatable bonds is 10. The number of ether oxygens (including phenoxy) is 3. The van der Waals surface area contributed by atoms with E-state index in [9.17, 15) is 5.11 Å². The van der Waals surface area contributed by atoms with Crippen LogP contribution in [-0.4, -0.2) is 31.9 Å². The zero-order valence-corrected chi connectivity index (χ0v) is 14.1. The first-order chi connectivity index (χ1) is 15.8. The van der Waals surface area contributed by atoms with Crippen LogP contribution in [0.15, 0.2) is 42.5 Å². The molecule has 0 fully saturated rings. The van der Waals surface area contributed by atoms with Crippen LogP contribution >= 0.6 is 0 Å². The van der Waals surface area contributed by atoms with Crippen molar-refractivity contribution in [3.8, 4) is 17.2 Å². The van der Waals surface area contributed by atoms with E-state index in [0.29, 0.717) is 5.56 Å². The van der Waals surface area contributed by atoms with Gasteiger partial charge in [-0.15, -0.1) is 0 Å². The summed E-state index contributed by atoms with van der Waals surface area (Å²) in [4.78, 5) is 0. The summed E-state index contributed by atoms with van der Waals surface area (Å²) in [5.41, 5.74) is 1.02. The fourth-order valence-electron chi connectivity index (χ4n) is 2.08. The molecule has 0 aliphatic rings. The second-order valence-electron chi connectivity index (χ2n) is 5.24. The Morgan fingerprint density at radius 1 is 1.20 bits per heavy atom. The minimum Gasteiger partial charge on any atom is -0.493 e. The molecule has 2 aromatic rings. The normalized spacial score (nSPS) is 21.2. The van der Waals surface area contributed by atoms with Gasteiger partial charge in [-0.1, -0.05) is 24.6 Å². The van der Waals surface area contributed by atoms with Gasteiger partial charge < -0.3 is 19.3 Å². The maximum Gasteiger partial charge on any atom is 0.160 e. The number of benzene rings is 2. The van der Waals surface area contributed by atoms with Gasteiger partial charge in [0.2, 0.25) is 0 Å². The van der Waals surface area contributed by atoms with Crippen LogP contribution in [0.4, 0.5) is 0 Å². The molecule has 2 aromatic carbocycles. The second kappa shape index (κ2) is 9.94. The van der Waals surface area contributed by atoms with Crippen LogP contribution in [0.25, 0.3) is 0 Å². The SMILES string of the molecule is [2H]C([2H])(Cc1ccc(OC([2H])([2H])[2H])c(OC)c1)CC([2H])([2H])C([2H])(O)C([2H])([2H])Oc1cccc(C)c1. The summed E-state index contributed by atoms with van der Waals surface area (Å²) < 4.78 is 93.8. The molecule has 0 aromatic heterocycles. The molecular weight excluding hydrogens is 316 g/mol. The molecule has 1 N–H and O–H groups in total. The molecule has 0 saturated heterocycles. The zero-order chi connectivity index (χ0) is 26.9. The summed E-state index contributed by atoms with van der Waals surface area (Å²) in [6, 6.07) is 10.1. The first-order valence-corrected chi connectivity index (χ1v) is 7.63.